The van der Waals surface area contributed by atoms with Crippen molar-refractivity contribution < 1.29 is 28.8 Å². The minimum absolute atomic E-state index is 0.351. The highest BCUT2D eigenvalue weighted by Crippen LogP contribution is 2.37. The zero-order valence-electron chi connectivity index (χ0n) is 24.7. The summed E-state index contributed by atoms with van der Waals surface area (Å²) < 4.78 is 32.1. The molecule has 0 radical (unpaired) electrons. The molecular formula is C30H51N3O6. The Bertz CT molecular complexity index is 850. The summed E-state index contributed by atoms with van der Waals surface area (Å²) in [6.45, 7) is 13.1. The average molecular weight is 550 g/mol. The molecule has 1 aromatic carbocycles. The Hall–Kier alpha value is -1.71. The van der Waals surface area contributed by atoms with E-state index in [0.29, 0.717) is 44.3 Å². The standard InChI is InChI=1S/C30H51N3O6/c1-6-10-16-35-21-25-27(36-17-11-7-2)29(37-18-12-8-3)30(38-19-13-9-4)28(39-25)26(34)24-15-14-23(32-33-31)20-22(24)5/h14-15,20,25-30,34H,6-13,16-19,21H2,1-5H3/t25?,26-,27-,28-,29?,30?/m1/s1. The Morgan fingerprint density at radius 1 is 0.872 bits per heavy atom. The van der Waals surface area contributed by atoms with E-state index < -0.39 is 30.5 Å². The normalized spacial score (nSPS) is 23.9. The summed E-state index contributed by atoms with van der Waals surface area (Å²) in [5, 5.41) is 15.4. The van der Waals surface area contributed by atoms with Gasteiger partial charge in [-0.3, -0.25) is 0 Å². The quantitative estimate of drug-likeness (QED) is 0.0802. The van der Waals surface area contributed by atoms with Gasteiger partial charge in [0.05, 0.1) is 6.61 Å². The van der Waals surface area contributed by atoms with Crippen molar-refractivity contribution in [3.63, 3.8) is 0 Å². The van der Waals surface area contributed by atoms with Crippen molar-refractivity contribution in [3.05, 3.63) is 39.8 Å². The lowest BCUT2D eigenvalue weighted by molar-refractivity contribution is -0.281. The fourth-order valence-electron chi connectivity index (χ4n) is 4.73. The number of aliphatic hydroxyl groups excluding tert-OH is 1. The van der Waals surface area contributed by atoms with Crippen LogP contribution in [0.15, 0.2) is 23.3 Å². The molecule has 1 aliphatic heterocycles. The molecule has 39 heavy (non-hydrogen) atoms. The first-order valence-corrected chi connectivity index (χ1v) is 14.9. The minimum Gasteiger partial charge on any atom is -0.386 e. The second-order valence-corrected chi connectivity index (χ2v) is 10.3. The predicted molar refractivity (Wildman–Crippen MR) is 153 cm³/mol. The fraction of sp³-hybridized carbons (Fsp3) is 0.800. The summed E-state index contributed by atoms with van der Waals surface area (Å²) in [4.78, 5) is 2.87. The van der Waals surface area contributed by atoms with Crippen LogP contribution in [0.2, 0.25) is 0 Å². The number of rotatable bonds is 20. The van der Waals surface area contributed by atoms with Gasteiger partial charge in [0.1, 0.15) is 36.6 Å². The third-order valence-corrected chi connectivity index (χ3v) is 7.06. The lowest BCUT2D eigenvalue weighted by Crippen LogP contribution is -2.62. The first-order valence-electron chi connectivity index (χ1n) is 14.9. The molecule has 9 heteroatoms. The van der Waals surface area contributed by atoms with Crippen LogP contribution in [0, 0.1) is 6.92 Å². The van der Waals surface area contributed by atoms with Crippen molar-refractivity contribution in [2.75, 3.05) is 33.0 Å². The fourth-order valence-corrected chi connectivity index (χ4v) is 4.73. The molecule has 3 unspecified atom stereocenters. The molecular weight excluding hydrogens is 498 g/mol. The zero-order valence-corrected chi connectivity index (χ0v) is 24.7. The van der Waals surface area contributed by atoms with E-state index in [9.17, 15) is 5.11 Å². The second-order valence-electron chi connectivity index (χ2n) is 10.3. The lowest BCUT2D eigenvalue weighted by Gasteiger charge is -2.47. The van der Waals surface area contributed by atoms with Crippen molar-refractivity contribution in [2.45, 2.75) is 123 Å². The van der Waals surface area contributed by atoms with Gasteiger partial charge in [0.25, 0.3) is 0 Å². The van der Waals surface area contributed by atoms with E-state index >= 15 is 0 Å². The van der Waals surface area contributed by atoms with Crippen molar-refractivity contribution in [1.29, 1.82) is 0 Å². The molecule has 1 N–H and O–H groups in total. The maximum Gasteiger partial charge on any atom is 0.117 e. The summed E-state index contributed by atoms with van der Waals surface area (Å²) in [6.07, 6.45) is 4.38. The van der Waals surface area contributed by atoms with E-state index in [1.54, 1.807) is 18.2 Å². The van der Waals surface area contributed by atoms with Gasteiger partial charge in [0, 0.05) is 37.0 Å². The van der Waals surface area contributed by atoms with Crippen LogP contribution in [-0.4, -0.2) is 68.7 Å². The van der Waals surface area contributed by atoms with Gasteiger partial charge < -0.3 is 28.8 Å². The number of nitrogens with zero attached hydrogens (tertiary/aromatic N) is 3. The topological polar surface area (TPSA) is 115 Å². The Morgan fingerprint density at radius 3 is 2.00 bits per heavy atom. The molecule has 1 heterocycles. The second kappa shape index (κ2) is 19.4. The van der Waals surface area contributed by atoms with Crippen LogP contribution < -0.4 is 0 Å². The van der Waals surface area contributed by atoms with Gasteiger partial charge in [0.15, 0.2) is 0 Å². The number of aliphatic hydroxyl groups is 1. The summed E-state index contributed by atoms with van der Waals surface area (Å²) in [6, 6.07) is 5.27. The minimum atomic E-state index is -0.983. The number of hydrogen-bond acceptors (Lipinski definition) is 7. The Balaban J connectivity index is 2.45. The number of benzene rings is 1. The molecule has 0 aromatic heterocycles. The number of unbranched alkanes of at least 4 members (excludes halogenated alkanes) is 4. The van der Waals surface area contributed by atoms with E-state index in [1.807, 2.05) is 6.92 Å². The monoisotopic (exact) mass is 549 g/mol. The van der Waals surface area contributed by atoms with Gasteiger partial charge in [-0.25, -0.2) is 0 Å². The molecule has 0 saturated carbocycles. The van der Waals surface area contributed by atoms with Crippen molar-refractivity contribution in [3.8, 4) is 0 Å². The van der Waals surface area contributed by atoms with Crippen LogP contribution in [-0.2, 0) is 23.7 Å². The molecule has 1 fully saturated rings. The van der Waals surface area contributed by atoms with Crippen LogP contribution in [0.5, 0.6) is 0 Å². The average Bonchev–Trinajstić information content (AvgIpc) is 2.93. The van der Waals surface area contributed by atoms with E-state index in [-0.39, 0.29) is 6.10 Å². The van der Waals surface area contributed by atoms with Crippen LogP contribution in [0.1, 0.15) is 96.3 Å². The van der Waals surface area contributed by atoms with E-state index in [1.165, 1.54) is 0 Å². The third-order valence-electron chi connectivity index (χ3n) is 7.06. The van der Waals surface area contributed by atoms with Crippen LogP contribution >= 0.6 is 0 Å². The lowest BCUT2D eigenvalue weighted by atomic mass is 9.88. The molecule has 2 rings (SSSR count). The van der Waals surface area contributed by atoms with E-state index in [0.717, 1.165) is 56.9 Å². The van der Waals surface area contributed by atoms with Crippen LogP contribution in [0.25, 0.3) is 10.4 Å². The van der Waals surface area contributed by atoms with Gasteiger partial charge in [-0.2, -0.15) is 0 Å². The Kier molecular flexibility index (Phi) is 16.6. The number of aryl methyl sites for hydroxylation is 1. The third kappa shape index (κ3) is 10.7. The van der Waals surface area contributed by atoms with E-state index in [2.05, 4.69) is 37.7 Å². The Labute approximate surface area is 235 Å². The molecule has 222 valence electrons. The largest absolute Gasteiger partial charge is 0.386 e. The molecule has 1 aliphatic rings. The van der Waals surface area contributed by atoms with E-state index in [4.69, 9.17) is 29.2 Å². The maximum absolute atomic E-state index is 11.7. The van der Waals surface area contributed by atoms with Gasteiger partial charge in [0.2, 0.25) is 0 Å². The van der Waals surface area contributed by atoms with Crippen molar-refractivity contribution in [2.24, 2.45) is 5.11 Å². The Morgan fingerprint density at radius 2 is 1.44 bits per heavy atom. The van der Waals surface area contributed by atoms with Crippen LogP contribution in [0.4, 0.5) is 5.69 Å². The molecule has 9 nitrogen and oxygen atoms in total. The van der Waals surface area contributed by atoms with Gasteiger partial charge >= 0.3 is 0 Å². The first-order chi connectivity index (χ1) is 19.0. The highest BCUT2D eigenvalue weighted by molar-refractivity contribution is 5.44. The summed E-state index contributed by atoms with van der Waals surface area (Å²) >= 11 is 0. The molecule has 0 spiro atoms. The smallest absolute Gasteiger partial charge is 0.117 e. The molecule has 1 saturated heterocycles. The first kappa shape index (κ1) is 33.5. The molecule has 1 aromatic rings. The highest BCUT2D eigenvalue weighted by atomic mass is 16.6. The molecule has 0 amide bonds. The predicted octanol–water partition coefficient (Wildman–Crippen LogP) is 7.11. The SMILES string of the molecule is CCCCOCC1O[C@H]([C@H](O)c2ccc(N=[N+]=[N-])cc2C)C(OCCCC)C(OCCCC)[C@@H]1OCCCC. The molecule has 6 atom stereocenters. The van der Waals surface area contributed by atoms with Crippen molar-refractivity contribution in [1.82, 2.24) is 0 Å². The van der Waals surface area contributed by atoms with Crippen LogP contribution in [0.3, 0.4) is 0 Å². The molecule has 0 bridgehead atoms. The summed E-state index contributed by atoms with van der Waals surface area (Å²) in [5.74, 6) is 0. The zero-order chi connectivity index (χ0) is 28.5. The summed E-state index contributed by atoms with van der Waals surface area (Å²) in [5.41, 5.74) is 10.8. The molecule has 0 aliphatic carbocycles. The highest BCUT2D eigenvalue weighted by Gasteiger charge is 2.50. The van der Waals surface area contributed by atoms with Gasteiger partial charge in [-0.1, -0.05) is 70.6 Å². The van der Waals surface area contributed by atoms with Gasteiger partial charge in [-0.05, 0) is 55.3 Å². The van der Waals surface area contributed by atoms with Crippen molar-refractivity contribution >= 4 is 5.69 Å². The number of hydrogen-bond donors (Lipinski definition) is 1. The number of azide groups is 1. The number of ether oxygens (including phenoxy) is 5. The maximum atomic E-state index is 11.7. The van der Waals surface area contributed by atoms with Gasteiger partial charge in [-0.15, -0.1) is 0 Å². The summed E-state index contributed by atoms with van der Waals surface area (Å²) in [7, 11) is 0.